The fourth-order valence-electron chi connectivity index (χ4n) is 2.45. The average molecular weight is 297 g/mol. The zero-order valence-corrected chi connectivity index (χ0v) is 13.2. The Hall–Kier alpha value is -1.14. The normalized spacial score (nSPS) is 19.8. The van der Waals surface area contributed by atoms with Crippen LogP contribution in [0.4, 0.5) is 5.82 Å². The SMILES string of the molecule is CCC1(C)CCN(S(=O)(=O)c2ccc(NC)nc2)CC1. The fraction of sp³-hybridized carbons (Fsp3) is 0.643. The summed E-state index contributed by atoms with van der Waals surface area (Å²) in [7, 11) is -1.65. The van der Waals surface area contributed by atoms with Crippen LogP contribution < -0.4 is 5.32 Å². The van der Waals surface area contributed by atoms with Crippen molar-refractivity contribution in [3.63, 3.8) is 0 Å². The maximum absolute atomic E-state index is 12.6. The summed E-state index contributed by atoms with van der Waals surface area (Å²) in [5.74, 6) is 0.668. The Morgan fingerprint density at radius 1 is 1.35 bits per heavy atom. The Balaban J connectivity index is 2.15. The summed E-state index contributed by atoms with van der Waals surface area (Å²) in [4.78, 5) is 4.36. The van der Waals surface area contributed by atoms with Crippen molar-refractivity contribution in [1.82, 2.24) is 9.29 Å². The zero-order chi connectivity index (χ0) is 14.8. The van der Waals surface area contributed by atoms with Gasteiger partial charge in [-0.1, -0.05) is 20.3 Å². The Morgan fingerprint density at radius 3 is 2.45 bits per heavy atom. The van der Waals surface area contributed by atoms with E-state index < -0.39 is 10.0 Å². The molecule has 0 bridgehead atoms. The van der Waals surface area contributed by atoms with Gasteiger partial charge in [-0.25, -0.2) is 13.4 Å². The van der Waals surface area contributed by atoms with Gasteiger partial charge in [-0.15, -0.1) is 0 Å². The van der Waals surface area contributed by atoms with Crippen LogP contribution in [0.3, 0.4) is 0 Å². The first-order valence-electron chi connectivity index (χ1n) is 7.05. The third-order valence-corrected chi connectivity index (χ3v) is 6.30. The van der Waals surface area contributed by atoms with E-state index in [2.05, 4.69) is 24.1 Å². The molecular formula is C14H23N3O2S. The Kier molecular flexibility index (Phi) is 4.34. The van der Waals surface area contributed by atoms with Gasteiger partial charge in [-0.05, 0) is 30.4 Å². The fourth-order valence-corrected chi connectivity index (χ4v) is 3.84. The third-order valence-electron chi connectivity index (χ3n) is 4.41. The van der Waals surface area contributed by atoms with Crippen molar-refractivity contribution in [3.05, 3.63) is 18.3 Å². The summed E-state index contributed by atoms with van der Waals surface area (Å²) in [6.07, 6.45) is 4.36. The minimum atomic E-state index is -3.40. The number of nitrogens with zero attached hydrogens (tertiary/aromatic N) is 2. The van der Waals surface area contributed by atoms with Crippen LogP contribution in [0.2, 0.25) is 0 Å². The second-order valence-electron chi connectivity index (χ2n) is 5.70. The van der Waals surface area contributed by atoms with E-state index in [0.29, 0.717) is 18.9 Å². The van der Waals surface area contributed by atoms with Gasteiger partial charge in [0.05, 0.1) is 0 Å². The van der Waals surface area contributed by atoms with Crippen molar-refractivity contribution in [3.8, 4) is 0 Å². The van der Waals surface area contributed by atoms with Gasteiger partial charge < -0.3 is 5.32 Å². The van der Waals surface area contributed by atoms with E-state index in [1.54, 1.807) is 23.5 Å². The van der Waals surface area contributed by atoms with Crippen molar-refractivity contribution < 1.29 is 8.42 Å². The molecule has 1 saturated heterocycles. The smallest absolute Gasteiger partial charge is 0.244 e. The summed E-state index contributed by atoms with van der Waals surface area (Å²) in [5.41, 5.74) is 0.278. The second kappa shape index (κ2) is 5.69. The second-order valence-corrected chi connectivity index (χ2v) is 7.64. The Labute approximate surface area is 121 Å². The predicted octanol–water partition coefficient (Wildman–Crippen LogP) is 2.32. The van der Waals surface area contributed by atoms with Crippen molar-refractivity contribution in [2.45, 2.75) is 38.0 Å². The van der Waals surface area contributed by atoms with Crippen molar-refractivity contribution in [1.29, 1.82) is 0 Å². The number of hydrogen-bond donors (Lipinski definition) is 1. The summed E-state index contributed by atoms with van der Waals surface area (Å²) in [6.45, 7) is 5.60. The lowest BCUT2D eigenvalue weighted by atomic mass is 9.79. The number of anilines is 1. The molecule has 1 aliphatic heterocycles. The van der Waals surface area contributed by atoms with Gasteiger partial charge in [0.1, 0.15) is 10.7 Å². The number of pyridine rings is 1. The molecule has 20 heavy (non-hydrogen) atoms. The van der Waals surface area contributed by atoms with E-state index in [4.69, 9.17) is 0 Å². The molecule has 0 atom stereocenters. The average Bonchev–Trinajstić information content (AvgIpc) is 2.48. The quantitative estimate of drug-likeness (QED) is 0.926. The highest BCUT2D eigenvalue weighted by Gasteiger charge is 2.34. The first kappa shape index (κ1) is 15.3. The molecule has 2 heterocycles. The maximum Gasteiger partial charge on any atom is 0.244 e. The van der Waals surface area contributed by atoms with Gasteiger partial charge >= 0.3 is 0 Å². The molecule has 1 fully saturated rings. The van der Waals surface area contributed by atoms with Crippen LogP contribution >= 0.6 is 0 Å². The highest BCUT2D eigenvalue weighted by atomic mass is 32.2. The molecule has 0 aliphatic carbocycles. The lowest BCUT2D eigenvalue weighted by molar-refractivity contribution is 0.169. The molecule has 1 aromatic heterocycles. The summed E-state index contributed by atoms with van der Waals surface area (Å²) in [5, 5.41) is 2.88. The van der Waals surface area contributed by atoms with Crippen LogP contribution in [-0.2, 0) is 10.0 Å². The third kappa shape index (κ3) is 2.96. The molecule has 6 heteroatoms. The minimum absolute atomic E-state index is 0.275. The van der Waals surface area contributed by atoms with Crippen LogP contribution in [0.5, 0.6) is 0 Å². The maximum atomic E-state index is 12.6. The van der Waals surface area contributed by atoms with E-state index in [1.807, 2.05) is 0 Å². The van der Waals surface area contributed by atoms with E-state index in [0.717, 1.165) is 19.3 Å². The highest BCUT2D eigenvalue weighted by molar-refractivity contribution is 7.89. The van der Waals surface area contributed by atoms with Crippen LogP contribution in [0.1, 0.15) is 33.1 Å². The molecule has 1 aliphatic rings. The van der Waals surface area contributed by atoms with Gasteiger partial charge in [-0.3, -0.25) is 0 Å². The van der Waals surface area contributed by atoms with Crippen LogP contribution in [0.25, 0.3) is 0 Å². The number of piperidine rings is 1. The monoisotopic (exact) mass is 297 g/mol. The molecule has 0 amide bonds. The van der Waals surface area contributed by atoms with Gasteiger partial charge in [0.15, 0.2) is 0 Å². The Morgan fingerprint density at radius 2 is 2.00 bits per heavy atom. The number of sulfonamides is 1. The van der Waals surface area contributed by atoms with Gasteiger partial charge in [-0.2, -0.15) is 4.31 Å². The molecule has 0 radical (unpaired) electrons. The standard InChI is InChI=1S/C14H23N3O2S/c1-4-14(2)7-9-17(10-8-14)20(18,19)12-5-6-13(15-3)16-11-12/h5-6,11H,4,7-10H2,1-3H3,(H,15,16). The molecule has 0 aromatic carbocycles. The molecule has 1 aromatic rings. The van der Waals surface area contributed by atoms with Crippen LogP contribution in [0, 0.1) is 5.41 Å². The first-order valence-corrected chi connectivity index (χ1v) is 8.49. The lowest BCUT2D eigenvalue weighted by Gasteiger charge is -2.38. The molecule has 0 spiro atoms. The molecule has 5 nitrogen and oxygen atoms in total. The first-order chi connectivity index (χ1) is 9.41. The van der Waals surface area contributed by atoms with E-state index in [9.17, 15) is 8.42 Å². The molecule has 0 unspecified atom stereocenters. The zero-order valence-electron chi connectivity index (χ0n) is 12.4. The van der Waals surface area contributed by atoms with E-state index >= 15 is 0 Å². The largest absolute Gasteiger partial charge is 0.373 e. The molecule has 1 N–H and O–H groups in total. The molecular weight excluding hydrogens is 274 g/mol. The molecule has 2 rings (SSSR count). The van der Waals surface area contributed by atoms with Crippen molar-refractivity contribution in [2.24, 2.45) is 5.41 Å². The van der Waals surface area contributed by atoms with Gasteiger partial charge in [0, 0.05) is 26.3 Å². The topological polar surface area (TPSA) is 62.3 Å². The van der Waals surface area contributed by atoms with E-state index in [-0.39, 0.29) is 10.3 Å². The number of nitrogens with one attached hydrogen (secondary N) is 1. The van der Waals surface area contributed by atoms with Gasteiger partial charge in [0.2, 0.25) is 10.0 Å². The number of rotatable bonds is 4. The summed E-state index contributed by atoms with van der Waals surface area (Å²) in [6, 6.07) is 3.30. The minimum Gasteiger partial charge on any atom is -0.373 e. The van der Waals surface area contributed by atoms with E-state index in [1.165, 1.54) is 6.20 Å². The van der Waals surface area contributed by atoms with Crippen molar-refractivity contribution >= 4 is 15.8 Å². The molecule has 0 saturated carbocycles. The summed E-state index contributed by atoms with van der Waals surface area (Å²) < 4.78 is 26.7. The predicted molar refractivity (Wildman–Crippen MR) is 80.2 cm³/mol. The van der Waals surface area contributed by atoms with Gasteiger partial charge in [0.25, 0.3) is 0 Å². The van der Waals surface area contributed by atoms with Crippen LogP contribution in [0.15, 0.2) is 23.2 Å². The van der Waals surface area contributed by atoms with Crippen molar-refractivity contribution in [2.75, 3.05) is 25.5 Å². The lowest BCUT2D eigenvalue weighted by Crippen LogP contribution is -2.41. The highest BCUT2D eigenvalue weighted by Crippen LogP contribution is 2.35. The summed E-state index contributed by atoms with van der Waals surface area (Å²) >= 11 is 0. The number of aromatic nitrogens is 1. The molecule has 112 valence electrons. The number of hydrogen-bond acceptors (Lipinski definition) is 4. The van der Waals surface area contributed by atoms with Crippen LogP contribution in [-0.4, -0.2) is 37.8 Å². The Bertz CT molecular complexity index is 546.